The van der Waals surface area contributed by atoms with E-state index in [-0.39, 0.29) is 0 Å². The van der Waals surface area contributed by atoms with Crippen LogP contribution in [0.15, 0.2) is 16.6 Å². The van der Waals surface area contributed by atoms with Crippen molar-refractivity contribution in [1.29, 1.82) is 0 Å². The molecule has 0 aliphatic heterocycles. The second-order valence-electron chi connectivity index (χ2n) is 3.41. The Morgan fingerprint density at radius 1 is 1.13 bits per heavy atom. The topological polar surface area (TPSA) is 25.8 Å². The zero-order valence-electron chi connectivity index (χ0n) is 8.85. The van der Waals surface area contributed by atoms with Crippen LogP contribution >= 0.6 is 34.4 Å². The van der Waals surface area contributed by atoms with E-state index in [4.69, 9.17) is 0 Å². The molecule has 0 atom stereocenters. The zero-order valence-corrected chi connectivity index (χ0v) is 11.3. The van der Waals surface area contributed by atoms with Crippen LogP contribution in [0.3, 0.4) is 0 Å². The molecule has 2 nitrogen and oxygen atoms in total. The molecule has 80 valence electrons. The van der Waals surface area contributed by atoms with Crippen LogP contribution in [0, 0.1) is 0 Å². The molecule has 0 bridgehead atoms. The molecular formula is C10H12N2S3. The molecule has 0 spiro atoms. The van der Waals surface area contributed by atoms with Gasteiger partial charge in [0.2, 0.25) is 0 Å². The monoisotopic (exact) mass is 256 g/mol. The van der Waals surface area contributed by atoms with Crippen molar-refractivity contribution in [2.24, 2.45) is 0 Å². The van der Waals surface area contributed by atoms with Crippen molar-refractivity contribution in [3.8, 4) is 10.0 Å². The van der Waals surface area contributed by atoms with E-state index in [1.165, 1.54) is 9.09 Å². The molecule has 0 radical (unpaired) electrons. The summed E-state index contributed by atoms with van der Waals surface area (Å²) in [4.78, 5) is 10.1. The Morgan fingerprint density at radius 2 is 1.80 bits per heavy atom. The van der Waals surface area contributed by atoms with Crippen LogP contribution < -0.4 is 0 Å². The van der Waals surface area contributed by atoms with Gasteiger partial charge >= 0.3 is 0 Å². The van der Waals surface area contributed by atoms with Crippen LogP contribution in [-0.4, -0.2) is 16.2 Å². The molecule has 0 aliphatic carbocycles. The number of thioether (sulfide) groups is 1. The van der Waals surface area contributed by atoms with Crippen molar-refractivity contribution in [1.82, 2.24) is 9.97 Å². The van der Waals surface area contributed by atoms with Crippen LogP contribution in [0.4, 0.5) is 0 Å². The van der Waals surface area contributed by atoms with Gasteiger partial charge in [-0.2, -0.15) is 0 Å². The first-order valence-electron chi connectivity index (χ1n) is 4.66. The summed E-state index contributed by atoms with van der Waals surface area (Å²) in [5.74, 6) is 0.552. The Labute approximate surface area is 102 Å². The van der Waals surface area contributed by atoms with Crippen LogP contribution in [0.25, 0.3) is 10.0 Å². The van der Waals surface area contributed by atoms with Gasteiger partial charge in [0.15, 0.2) is 10.0 Å². The molecule has 15 heavy (non-hydrogen) atoms. The maximum absolute atomic E-state index is 4.41. The highest BCUT2D eigenvalue weighted by atomic mass is 32.2. The average Bonchev–Trinajstić information content (AvgIpc) is 2.86. The van der Waals surface area contributed by atoms with Gasteiger partial charge in [-0.15, -0.1) is 34.4 Å². The van der Waals surface area contributed by atoms with Crippen LogP contribution in [0.1, 0.15) is 24.6 Å². The van der Waals surface area contributed by atoms with Gasteiger partial charge in [0.25, 0.3) is 0 Å². The van der Waals surface area contributed by atoms with E-state index in [0.29, 0.717) is 5.92 Å². The quantitative estimate of drug-likeness (QED) is 0.773. The fourth-order valence-electron chi connectivity index (χ4n) is 1.10. The van der Waals surface area contributed by atoms with E-state index >= 15 is 0 Å². The van der Waals surface area contributed by atoms with Crippen molar-refractivity contribution in [3.05, 3.63) is 17.3 Å². The summed E-state index contributed by atoms with van der Waals surface area (Å²) in [5.41, 5.74) is 0. The second-order valence-corrected chi connectivity index (χ2v) is 6.61. The standard InChI is InChI=1S/C10H12N2S3/c1-6(2)7-4-11-9(14-7)10-12-5-8(13-3)15-10/h4-6H,1-3H3. The lowest BCUT2D eigenvalue weighted by Gasteiger charge is -1.95. The molecule has 2 aromatic rings. The Balaban J connectivity index is 2.28. The minimum absolute atomic E-state index is 0.552. The highest BCUT2D eigenvalue weighted by Crippen LogP contribution is 2.34. The van der Waals surface area contributed by atoms with Crippen molar-refractivity contribution < 1.29 is 0 Å². The molecular weight excluding hydrogens is 244 g/mol. The molecule has 0 saturated carbocycles. The molecule has 2 rings (SSSR count). The number of hydrogen-bond donors (Lipinski definition) is 0. The molecule has 2 heterocycles. The summed E-state index contributed by atoms with van der Waals surface area (Å²) in [6, 6.07) is 0. The Kier molecular flexibility index (Phi) is 3.43. The molecule has 0 aliphatic rings. The fraction of sp³-hybridized carbons (Fsp3) is 0.400. The van der Waals surface area contributed by atoms with Crippen LogP contribution in [0.5, 0.6) is 0 Å². The third kappa shape index (κ3) is 2.41. The van der Waals surface area contributed by atoms with Crippen molar-refractivity contribution in [2.75, 3.05) is 6.26 Å². The zero-order chi connectivity index (χ0) is 10.8. The highest BCUT2D eigenvalue weighted by molar-refractivity contribution is 8.00. The summed E-state index contributed by atoms with van der Waals surface area (Å²) in [5, 5.41) is 2.08. The number of aromatic nitrogens is 2. The van der Waals surface area contributed by atoms with Gasteiger partial charge in [-0.05, 0) is 12.2 Å². The highest BCUT2D eigenvalue weighted by Gasteiger charge is 2.10. The molecule has 0 saturated heterocycles. The molecule has 0 unspecified atom stereocenters. The summed E-state index contributed by atoms with van der Waals surface area (Å²) in [7, 11) is 0. The first-order chi connectivity index (χ1) is 7.20. The lowest BCUT2D eigenvalue weighted by Crippen LogP contribution is -1.77. The second kappa shape index (κ2) is 4.63. The Bertz CT molecular complexity index is 445. The number of rotatable bonds is 3. The largest absolute Gasteiger partial charge is 0.242 e. The van der Waals surface area contributed by atoms with Crippen molar-refractivity contribution >= 4 is 34.4 Å². The molecule has 2 aromatic heterocycles. The van der Waals surface area contributed by atoms with Crippen LogP contribution in [0.2, 0.25) is 0 Å². The summed E-state index contributed by atoms with van der Waals surface area (Å²) in [6.45, 7) is 4.37. The first kappa shape index (κ1) is 11.1. The van der Waals surface area contributed by atoms with Gasteiger partial charge in [0.1, 0.15) is 0 Å². The summed E-state index contributed by atoms with van der Waals surface area (Å²) >= 11 is 5.19. The molecule has 0 amide bonds. The van der Waals surface area contributed by atoms with Gasteiger partial charge in [0.05, 0.1) is 10.4 Å². The Hall–Kier alpha value is -0.390. The van der Waals surface area contributed by atoms with Gasteiger partial charge < -0.3 is 0 Å². The van der Waals surface area contributed by atoms with Gasteiger partial charge in [0, 0.05) is 11.1 Å². The summed E-state index contributed by atoms with van der Waals surface area (Å²) < 4.78 is 1.24. The van der Waals surface area contributed by atoms with Gasteiger partial charge in [-0.1, -0.05) is 13.8 Å². The predicted molar refractivity (Wildman–Crippen MR) is 69.1 cm³/mol. The average molecular weight is 256 g/mol. The van der Waals surface area contributed by atoms with E-state index in [1.807, 2.05) is 12.4 Å². The SMILES string of the molecule is CSc1cnc(-c2ncc(C(C)C)s2)s1. The van der Waals surface area contributed by atoms with E-state index < -0.39 is 0 Å². The van der Waals surface area contributed by atoms with Crippen molar-refractivity contribution in [3.63, 3.8) is 0 Å². The summed E-state index contributed by atoms with van der Waals surface area (Å²) in [6.07, 6.45) is 5.95. The van der Waals surface area contributed by atoms with E-state index in [2.05, 4.69) is 30.1 Å². The lowest BCUT2D eigenvalue weighted by molar-refractivity contribution is 0.885. The van der Waals surface area contributed by atoms with E-state index in [9.17, 15) is 0 Å². The molecule has 5 heteroatoms. The molecule has 0 aromatic carbocycles. The third-order valence-electron chi connectivity index (χ3n) is 1.96. The van der Waals surface area contributed by atoms with E-state index in [0.717, 1.165) is 10.0 Å². The lowest BCUT2D eigenvalue weighted by atomic mass is 10.2. The predicted octanol–water partition coefficient (Wildman–Crippen LogP) is 4.11. The molecule has 0 N–H and O–H groups in total. The first-order valence-corrected chi connectivity index (χ1v) is 7.52. The number of hydrogen-bond acceptors (Lipinski definition) is 5. The van der Waals surface area contributed by atoms with Gasteiger partial charge in [-0.25, -0.2) is 9.97 Å². The van der Waals surface area contributed by atoms with Crippen molar-refractivity contribution in [2.45, 2.75) is 24.0 Å². The fourth-order valence-corrected chi connectivity index (χ4v) is 3.43. The minimum Gasteiger partial charge on any atom is -0.242 e. The maximum Gasteiger partial charge on any atom is 0.153 e. The Morgan fingerprint density at radius 3 is 2.33 bits per heavy atom. The number of nitrogens with zero attached hydrogens (tertiary/aromatic N) is 2. The minimum atomic E-state index is 0.552. The maximum atomic E-state index is 4.41. The molecule has 0 fully saturated rings. The van der Waals surface area contributed by atoms with Crippen LogP contribution in [-0.2, 0) is 0 Å². The van der Waals surface area contributed by atoms with Gasteiger partial charge in [-0.3, -0.25) is 0 Å². The normalized spacial score (nSPS) is 11.2. The van der Waals surface area contributed by atoms with E-state index in [1.54, 1.807) is 34.4 Å². The number of thiazole rings is 2. The third-order valence-corrected chi connectivity index (χ3v) is 5.45. The smallest absolute Gasteiger partial charge is 0.153 e.